The van der Waals surface area contributed by atoms with E-state index in [1.165, 1.54) is 15.7 Å². The van der Waals surface area contributed by atoms with Gasteiger partial charge in [0, 0.05) is 0 Å². The average Bonchev–Trinajstić information content (AvgIpc) is 2.55. The first-order chi connectivity index (χ1) is 9.92. The third kappa shape index (κ3) is 3.35. The molecule has 0 unspecified atom stereocenters. The van der Waals surface area contributed by atoms with Crippen LogP contribution >= 0.6 is 0 Å². The summed E-state index contributed by atoms with van der Waals surface area (Å²) in [6, 6.07) is 27.3. The molecule has 2 heteroatoms. The van der Waals surface area contributed by atoms with E-state index < -0.39 is 0 Å². The van der Waals surface area contributed by atoms with E-state index in [0.717, 1.165) is 11.0 Å². The van der Waals surface area contributed by atoms with Gasteiger partial charge in [0.05, 0.1) is 0 Å². The predicted octanol–water partition coefficient (Wildman–Crippen LogP) is 3.28. The van der Waals surface area contributed by atoms with Crippen molar-refractivity contribution in [2.75, 3.05) is 0 Å². The Morgan fingerprint density at radius 3 is 2.15 bits per heavy atom. The van der Waals surface area contributed by atoms with Gasteiger partial charge in [-0.25, -0.2) is 0 Å². The number of nitrogens with zero attached hydrogens (tertiary/aromatic N) is 1. The molecule has 98 valence electrons. The van der Waals surface area contributed by atoms with E-state index in [0.29, 0.717) is 15.0 Å². The average molecular weight is 324 g/mol. The van der Waals surface area contributed by atoms with Gasteiger partial charge in [0.2, 0.25) is 0 Å². The van der Waals surface area contributed by atoms with Gasteiger partial charge in [0.1, 0.15) is 0 Å². The van der Waals surface area contributed by atoms with Gasteiger partial charge < -0.3 is 0 Å². The van der Waals surface area contributed by atoms with E-state index in [1.807, 2.05) is 6.07 Å². The minimum absolute atomic E-state index is 0.448. The third-order valence-corrected chi connectivity index (χ3v) is 5.20. The summed E-state index contributed by atoms with van der Waals surface area (Å²) in [4.78, 5) is 4.77. The van der Waals surface area contributed by atoms with Crippen molar-refractivity contribution in [1.82, 2.24) is 4.98 Å². The number of hydrogen-bond acceptors (Lipinski definition) is 1. The number of rotatable bonds is 4. The standard InChI is InChI=1S/C18H15NSe/c1-3-8-15(9-4-1)18-13-7-10-16(19-18)14-20-17-11-5-2-6-12-17/h1-13H,14H2. The molecule has 0 aliphatic rings. The Bertz CT molecular complexity index is 665. The molecule has 20 heavy (non-hydrogen) atoms. The number of benzene rings is 2. The number of hydrogen-bond donors (Lipinski definition) is 0. The quantitative estimate of drug-likeness (QED) is 0.671. The molecule has 1 heterocycles. The Labute approximate surface area is 125 Å². The topological polar surface area (TPSA) is 12.9 Å². The van der Waals surface area contributed by atoms with Crippen molar-refractivity contribution in [3.05, 3.63) is 84.6 Å². The normalized spacial score (nSPS) is 10.4. The van der Waals surface area contributed by atoms with Crippen molar-refractivity contribution in [3.8, 4) is 11.3 Å². The van der Waals surface area contributed by atoms with Crippen molar-refractivity contribution < 1.29 is 0 Å². The molecule has 3 rings (SSSR count). The third-order valence-electron chi connectivity index (χ3n) is 3.01. The number of pyridine rings is 1. The molecule has 2 aromatic carbocycles. The first-order valence-electron chi connectivity index (χ1n) is 6.61. The first-order valence-corrected chi connectivity index (χ1v) is 8.68. The van der Waals surface area contributed by atoms with Crippen molar-refractivity contribution in [3.63, 3.8) is 0 Å². The maximum atomic E-state index is 4.77. The van der Waals surface area contributed by atoms with Gasteiger partial charge >= 0.3 is 126 Å². The van der Waals surface area contributed by atoms with Crippen molar-refractivity contribution in [2.24, 2.45) is 0 Å². The minimum atomic E-state index is 0.448. The predicted molar refractivity (Wildman–Crippen MR) is 85.2 cm³/mol. The second-order valence-corrected chi connectivity index (χ2v) is 6.68. The summed E-state index contributed by atoms with van der Waals surface area (Å²) in [6.45, 7) is 0. The van der Waals surface area contributed by atoms with Crippen LogP contribution in [0.5, 0.6) is 0 Å². The molecule has 0 saturated heterocycles. The number of aromatic nitrogens is 1. The van der Waals surface area contributed by atoms with Crippen LogP contribution in [0.15, 0.2) is 78.9 Å². The molecule has 0 bridgehead atoms. The second kappa shape index (κ2) is 6.51. The van der Waals surface area contributed by atoms with E-state index in [-0.39, 0.29) is 0 Å². The van der Waals surface area contributed by atoms with Gasteiger partial charge in [-0.05, 0) is 0 Å². The van der Waals surface area contributed by atoms with Crippen molar-refractivity contribution in [1.29, 1.82) is 0 Å². The molecular formula is C18H15NSe. The summed E-state index contributed by atoms with van der Waals surface area (Å²) >= 11 is 0.448. The SMILES string of the molecule is c1ccc([Se]Cc2cccc(-c3ccccc3)n2)cc1. The molecule has 0 aliphatic carbocycles. The molecule has 0 atom stereocenters. The summed E-state index contributed by atoms with van der Waals surface area (Å²) in [5.41, 5.74) is 3.42. The Hall–Kier alpha value is -1.89. The van der Waals surface area contributed by atoms with Gasteiger partial charge in [-0.2, -0.15) is 0 Å². The van der Waals surface area contributed by atoms with Gasteiger partial charge in [-0.15, -0.1) is 0 Å². The first kappa shape index (κ1) is 13.1. The summed E-state index contributed by atoms with van der Waals surface area (Å²) in [6.07, 6.45) is 0. The van der Waals surface area contributed by atoms with Crippen LogP contribution in [-0.2, 0) is 5.32 Å². The molecule has 0 amide bonds. The Morgan fingerprint density at radius 2 is 1.40 bits per heavy atom. The van der Waals surface area contributed by atoms with Crippen LogP contribution in [0.25, 0.3) is 11.3 Å². The van der Waals surface area contributed by atoms with Crippen LogP contribution in [0.3, 0.4) is 0 Å². The van der Waals surface area contributed by atoms with Crippen LogP contribution in [0, 0.1) is 0 Å². The fourth-order valence-corrected chi connectivity index (χ4v) is 3.73. The van der Waals surface area contributed by atoms with Gasteiger partial charge in [-0.3, -0.25) is 0 Å². The van der Waals surface area contributed by atoms with Crippen LogP contribution in [0.4, 0.5) is 0 Å². The molecule has 0 saturated carbocycles. The second-order valence-electron chi connectivity index (χ2n) is 4.48. The van der Waals surface area contributed by atoms with Crippen LogP contribution in [0.1, 0.15) is 5.69 Å². The van der Waals surface area contributed by atoms with Crippen LogP contribution in [0.2, 0.25) is 0 Å². The fraction of sp³-hybridized carbons (Fsp3) is 0.0556. The van der Waals surface area contributed by atoms with Crippen LogP contribution < -0.4 is 4.46 Å². The molecule has 0 aliphatic heterocycles. The zero-order chi connectivity index (χ0) is 13.6. The van der Waals surface area contributed by atoms with E-state index in [4.69, 9.17) is 4.98 Å². The van der Waals surface area contributed by atoms with Gasteiger partial charge in [-0.1, -0.05) is 0 Å². The molecule has 0 N–H and O–H groups in total. The molecule has 1 aromatic heterocycles. The molecule has 0 fully saturated rings. The van der Waals surface area contributed by atoms with E-state index >= 15 is 0 Å². The maximum absolute atomic E-state index is 4.77. The fourth-order valence-electron chi connectivity index (χ4n) is 2.00. The van der Waals surface area contributed by atoms with Gasteiger partial charge in [0.15, 0.2) is 0 Å². The molecule has 1 nitrogen and oxygen atoms in total. The zero-order valence-electron chi connectivity index (χ0n) is 11.1. The van der Waals surface area contributed by atoms with Crippen molar-refractivity contribution in [2.45, 2.75) is 5.32 Å². The monoisotopic (exact) mass is 325 g/mol. The Morgan fingerprint density at radius 1 is 0.700 bits per heavy atom. The Kier molecular flexibility index (Phi) is 4.27. The molecular weight excluding hydrogens is 309 g/mol. The molecule has 3 aromatic rings. The van der Waals surface area contributed by atoms with Crippen molar-refractivity contribution >= 4 is 19.4 Å². The summed E-state index contributed by atoms with van der Waals surface area (Å²) in [5.74, 6) is 0. The van der Waals surface area contributed by atoms with Gasteiger partial charge in [0.25, 0.3) is 0 Å². The van der Waals surface area contributed by atoms with E-state index in [2.05, 4.69) is 72.8 Å². The van der Waals surface area contributed by atoms with Crippen LogP contribution in [-0.4, -0.2) is 19.9 Å². The summed E-state index contributed by atoms with van der Waals surface area (Å²) in [7, 11) is 0. The molecule has 0 spiro atoms. The Balaban J connectivity index is 1.75. The van der Waals surface area contributed by atoms with E-state index in [9.17, 15) is 0 Å². The zero-order valence-corrected chi connectivity index (χ0v) is 12.8. The summed E-state index contributed by atoms with van der Waals surface area (Å²) < 4.78 is 1.42. The summed E-state index contributed by atoms with van der Waals surface area (Å²) in [5, 5.41) is 1.04. The molecule has 0 radical (unpaired) electrons. The van der Waals surface area contributed by atoms with E-state index in [1.54, 1.807) is 0 Å².